The Morgan fingerprint density at radius 1 is 0.846 bits per heavy atom. The topological polar surface area (TPSA) is 91.8 Å². The van der Waals surface area contributed by atoms with Gasteiger partial charge in [0.1, 0.15) is 23.3 Å². The van der Waals surface area contributed by atoms with Crippen LogP contribution in [0.5, 0.6) is 11.5 Å². The van der Waals surface area contributed by atoms with Crippen molar-refractivity contribution in [3.05, 3.63) is 128 Å². The van der Waals surface area contributed by atoms with E-state index >= 15 is 0 Å². The zero-order valence-corrected chi connectivity index (χ0v) is 22.3. The van der Waals surface area contributed by atoms with Gasteiger partial charge in [0.05, 0.1) is 26.9 Å². The number of hydrogen-bond acceptors (Lipinski definition) is 6. The van der Waals surface area contributed by atoms with Crippen LogP contribution in [0, 0.1) is 6.92 Å². The summed E-state index contributed by atoms with van der Waals surface area (Å²) < 4.78 is 25.5. The van der Waals surface area contributed by atoms with Gasteiger partial charge in [-0.3, -0.25) is 14.3 Å². The van der Waals surface area contributed by atoms with Crippen molar-refractivity contribution in [2.45, 2.75) is 37.7 Å². The number of aryl methyl sites for hydroxylation is 1. The average Bonchev–Trinajstić information content (AvgIpc) is 3.45. The molecule has 0 unspecified atom stereocenters. The lowest BCUT2D eigenvalue weighted by Crippen LogP contribution is -2.36. The molecular weight excluding hydrogens is 496 g/mol. The van der Waals surface area contributed by atoms with Gasteiger partial charge in [0, 0.05) is 11.8 Å². The smallest absolute Gasteiger partial charge is 0.330 e. The fraction of sp³-hybridized carbons (Fsp3) is 0.290. The molecule has 8 heteroatoms. The third-order valence-corrected chi connectivity index (χ3v) is 7.20. The molecule has 39 heavy (non-hydrogen) atoms. The highest BCUT2D eigenvalue weighted by molar-refractivity contribution is 5.49. The first-order valence-corrected chi connectivity index (χ1v) is 12.9. The number of aromatic nitrogens is 2. The van der Waals surface area contributed by atoms with Gasteiger partial charge in [-0.15, -0.1) is 0 Å². The lowest BCUT2D eigenvalue weighted by Gasteiger charge is -2.37. The van der Waals surface area contributed by atoms with E-state index in [1.165, 1.54) is 4.57 Å². The highest BCUT2D eigenvalue weighted by atomic mass is 16.6. The van der Waals surface area contributed by atoms with Crippen LogP contribution in [0.2, 0.25) is 0 Å². The number of nitrogens with one attached hydrogen (secondary N) is 1. The molecule has 4 aromatic rings. The highest BCUT2D eigenvalue weighted by Gasteiger charge is 2.39. The quantitative estimate of drug-likeness (QED) is 0.321. The molecule has 0 amide bonds. The van der Waals surface area contributed by atoms with Gasteiger partial charge in [-0.05, 0) is 60.7 Å². The lowest BCUT2D eigenvalue weighted by molar-refractivity contribution is -0.0774. The van der Waals surface area contributed by atoms with E-state index in [1.807, 2.05) is 66.7 Å². The molecule has 1 fully saturated rings. The summed E-state index contributed by atoms with van der Waals surface area (Å²) in [5.74, 6) is 1.50. The Morgan fingerprint density at radius 2 is 1.41 bits per heavy atom. The first kappa shape index (κ1) is 26.5. The fourth-order valence-electron chi connectivity index (χ4n) is 5.11. The lowest BCUT2D eigenvalue weighted by atomic mass is 9.80. The second-order valence-electron chi connectivity index (χ2n) is 9.58. The van der Waals surface area contributed by atoms with Crippen molar-refractivity contribution in [3.8, 4) is 11.5 Å². The summed E-state index contributed by atoms with van der Waals surface area (Å²) in [7, 11) is 3.28. The summed E-state index contributed by atoms with van der Waals surface area (Å²) in [6, 6.07) is 25.8. The van der Waals surface area contributed by atoms with Crippen LogP contribution in [0.15, 0.2) is 94.6 Å². The number of ether oxygens (including phenoxy) is 4. The van der Waals surface area contributed by atoms with Crippen molar-refractivity contribution in [1.82, 2.24) is 9.55 Å². The number of nitrogens with zero attached hydrogens (tertiary/aromatic N) is 1. The van der Waals surface area contributed by atoms with Crippen LogP contribution in [0.4, 0.5) is 0 Å². The second-order valence-corrected chi connectivity index (χ2v) is 9.58. The minimum Gasteiger partial charge on any atom is -0.497 e. The zero-order chi connectivity index (χ0) is 27.4. The van der Waals surface area contributed by atoms with Crippen molar-refractivity contribution < 1.29 is 18.9 Å². The number of rotatable bonds is 9. The first-order valence-electron chi connectivity index (χ1n) is 12.9. The summed E-state index contributed by atoms with van der Waals surface area (Å²) in [6.07, 6.45) is 2.15. The van der Waals surface area contributed by atoms with Gasteiger partial charge in [-0.25, -0.2) is 4.79 Å². The van der Waals surface area contributed by atoms with Gasteiger partial charge in [-0.2, -0.15) is 0 Å². The number of benzene rings is 3. The van der Waals surface area contributed by atoms with Crippen LogP contribution in [0.3, 0.4) is 0 Å². The van der Waals surface area contributed by atoms with Crippen molar-refractivity contribution in [2.75, 3.05) is 20.8 Å². The Bertz CT molecular complexity index is 1460. The number of H-pyrrole nitrogens is 1. The van der Waals surface area contributed by atoms with Gasteiger partial charge in [-0.1, -0.05) is 54.6 Å². The van der Waals surface area contributed by atoms with Gasteiger partial charge < -0.3 is 18.9 Å². The molecule has 1 N–H and O–H groups in total. The third kappa shape index (κ3) is 5.26. The second kappa shape index (κ2) is 11.3. The van der Waals surface area contributed by atoms with E-state index in [0.717, 1.165) is 28.2 Å². The number of aromatic amines is 1. The van der Waals surface area contributed by atoms with Crippen molar-refractivity contribution >= 4 is 0 Å². The average molecular weight is 529 g/mol. The van der Waals surface area contributed by atoms with Gasteiger partial charge in [0.25, 0.3) is 5.56 Å². The summed E-state index contributed by atoms with van der Waals surface area (Å²) in [5, 5.41) is 0. The van der Waals surface area contributed by atoms with E-state index < -0.39 is 17.5 Å². The Balaban J connectivity index is 1.51. The monoisotopic (exact) mass is 528 g/mol. The predicted octanol–water partition coefficient (Wildman–Crippen LogP) is 4.55. The van der Waals surface area contributed by atoms with E-state index in [0.29, 0.717) is 18.4 Å². The Kier molecular flexibility index (Phi) is 7.67. The van der Waals surface area contributed by atoms with Gasteiger partial charge in [0.15, 0.2) is 0 Å². The SMILES string of the molecule is COc1ccc(C(OC[C@@H]2CC[C@H](n3cc(C)c(=O)[nH]c3=O)O2)(c2ccccc2)c2ccc(OC)cc2)cc1. The fourth-order valence-corrected chi connectivity index (χ4v) is 5.11. The molecule has 0 bridgehead atoms. The normalized spacial score (nSPS) is 17.2. The molecule has 8 nitrogen and oxygen atoms in total. The van der Waals surface area contributed by atoms with Crippen LogP contribution in [0.25, 0.3) is 0 Å². The predicted molar refractivity (Wildman–Crippen MR) is 147 cm³/mol. The van der Waals surface area contributed by atoms with Gasteiger partial charge in [0.2, 0.25) is 0 Å². The molecule has 0 spiro atoms. The maximum Gasteiger partial charge on any atom is 0.330 e. The van der Waals surface area contributed by atoms with Gasteiger partial charge >= 0.3 is 5.69 Å². The third-order valence-electron chi connectivity index (χ3n) is 7.20. The van der Waals surface area contributed by atoms with E-state index in [4.69, 9.17) is 18.9 Å². The Hall–Kier alpha value is -4.14. The Morgan fingerprint density at radius 3 is 1.97 bits per heavy atom. The molecule has 1 aliphatic rings. The summed E-state index contributed by atoms with van der Waals surface area (Å²) in [4.78, 5) is 26.6. The first-order chi connectivity index (χ1) is 18.9. The number of methoxy groups -OCH3 is 2. The minimum atomic E-state index is -0.952. The molecule has 1 saturated heterocycles. The van der Waals surface area contributed by atoms with Crippen molar-refractivity contribution in [3.63, 3.8) is 0 Å². The van der Waals surface area contributed by atoms with Crippen LogP contribution in [-0.2, 0) is 15.1 Å². The standard InChI is InChI=1S/C31H32N2O6/c1-21-19-33(30(35)32-29(21)34)28-18-17-27(39-28)20-38-31(22-7-5-4-6-8-22,23-9-13-25(36-2)14-10-23)24-11-15-26(37-3)16-12-24/h4-16,19,27-28H,17-18,20H2,1-3H3,(H,32,34,35)/t27-,28+/m0/s1. The molecule has 2 heterocycles. The van der Waals surface area contributed by atoms with Crippen LogP contribution >= 0.6 is 0 Å². The van der Waals surface area contributed by atoms with E-state index in [1.54, 1.807) is 27.3 Å². The van der Waals surface area contributed by atoms with E-state index in [2.05, 4.69) is 17.1 Å². The molecule has 5 rings (SSSR count). The van der Waals surface area contributed by atoms with Crippen molar-refractivity contribution in [2.24, 2.45) is 0 Å². The highest BCUT2D eigenvalue weighted by Crippen LogP contribution is 2.42. The molecule has 202 valence electrons. The molecule has 1 aliphatic heterocycles. The molecule has 0 aliphatic carbocycles. The minimum absolute atomic E-state index is 0.256. The van der Waals surface area contributed by atoms with E-state index in [-0.39, 0.29) is 18.3 Å². The molecule has 0 radical (unpaired) electrons. The zero-order valence-electron chi connectivity index (χ0n) is 22.3. The maximum atomic E-state index is 12.4. The van der Waals surface area contributed by atoms with Crippen LogP contribution < -0.4 is 20.7 Å². The largest absolute Gasteiger partial charge is 0.497 e. The molecule has 2 atom stereocenters. The Labute approximate surface area is 226 Å². The summed E-state index contributed by atoms with van der Waals surface area (Å²) >= 11 is 0. The molecule has 0 saturated carbocycles. The number of hydrogen-bond donors (Lipinski definition) is 1. The summed E-state index contributed by atoms with van der Waals surface area (Å²) in [5.41, 5.74) is 1.46. The van der Waals surface area contributed by atoms with Crippen LogP contribution in [-0.4, -0.2) is 36.5 Å². The molecule has 1 aromatic heterocycles. The molecular formula is C31H32N2O6. The van der Waals surface area contributed by atoms with Crippen molar-refractivity contribution in [1.29, 1.82) is 0 Å². The summed E-state index contributed by atoms with van der Waals surface area (Å²) in [6.45, 7) is 1.95. The van der Waals surface area contributed by atoms with E-state index in [9.17, 15) is 9.59 Å². The maximum absolute atomic E-state index is 12.4. The van der Waals surface area contributed by atoms with Crippen LogP contribution in [0.1, 0.15) is 41.3 Å². The molecule has 3 aromatic carbocycles.